The third kappa shape index (κ3) is 8.84. The van der Waals surface area contributed by atoms with E-state index >= 15 is 0 Å². The Balaban J connectivity index is 1.74. The Kier molecular flexibility index (Phi) is 11.4. The standard InChI is InChI=1S/C26H39N5O4S2/c1-36-16-23(32)28-19-11-12-31(26(35)29-18-9-6-10-20(14-18)37-2)22(15-19)25(34)30-21(24(27)33)13-17-7-4-3-5-8-17/h6,9-10,14,17,19,21-22H,3-5,7-8,11-13,15-16H2,1-2H3,(H2,27,33)(H,28,32)(H,29,35)(H,30,34)/t19-,21-,22-/m0/s1. The van der Waals surface area contributed by atoms with E-state index in [4.69, 9.17) is 5.73 Å². The Bertz CT molecular complexity index is 957. The average Bonchev–Trinajstić information content (AvgIpc) is 2.89. The molecule has 0 radical (unpaired) electrons. The summed E-state index contributed by atoms with van der Waals surface area (Å²) in [5.41, 5.74) is 6.31. The van der Waals surface area contributed by atoms with Crippen LogP contribution in [0.4, 0.5) is 10.5 Å². The van der Waals surface area contributed by atoms with Crippen LogP contribution in [-0.2, 0) is 14.4 Å². The van der Waals surface area contributed by atoms with Gasteiger partial charge in [-0.1, -0.05) is 38.2 Å². The predicted molar refractivity (Wildman–Crippen MR) is 150 cm³/mol. The van der Waals surface area contributed by atoms with Crippen molar-refractivity contribution < 1.29 is 19.2 Å². The molecule has 37 heavy (non-hydrogen) atoms. The number of nitrogens with zero attached hydrogens (tertiary/aromatic N) is 1. The zero-order valence-electron chi connectivity index (χ0n) is 21.7. The van der Waals surface area contributed by atoms with Gasteiger partial charge in [0.15, 0.2) is 0 Å². The first kappa shape index (κ1) is 29.2. The summed E-state index contributed by atoms with van der Waals surface area (Å²) in [5.74, 6) is -0.412. The number of piperidine rings is 1. The molecule has 11 heteroatoms. The number of likely N-dealkylation sites (tertiary alicyclic amines) is 1. The van der Waals surface area contributed by atoms with E-state index in [1.165, 1.54) is 23.1 Å². The van der Waals surface area contributed by atoms with Crippen molar-refractivity contribution in [3.63, 3.8) is 0 Å². The molecule has 1 aromatic carbocycles. The van der Waals surface area contributed by atoms with Gasteiger partial charge in [0.1, 0.15) is 12.1 Å². The molecule has 1 aliphatic carbocycles. The van der Waals surface area contributed by atoms with Crippen molar-refractivity contribution in [1.82, 2.24) is 15.5 Å². The zero-order chi connectivity index (χ0) is 26.8. The van der Waals surface area contributed by atoms with Crippen LogP contribution in [-0.4, -0.2) is 71.6 Å². The monoisotopic (exact) mass is 549 g/mol. The topological polar surface area (TPSA) is 134 Å². The SMILES string of the molecule is CSCC(=O)N[C@H]1CCN(C(=O)Nc2cccc(SC)c2)[C@H](C(=O)N[C@@H](CC2CCCCC2)C(N)=O)C1. The van der Waals surface area contributed by atoms with Crippen LogP contribution in [0.1, 0.15) is 51.4 Å². The number of amides is 5. The fraction of sp³-hybridized carbons (Fsp3) is 0.615. The highest BCUT2D eigenvalue weighted by molar-refractivity contribution is 7.99. The van der Waals surface area contributed by atoms with E-state index in [0.717, 1.165) is 30.6 Å². The smallest absolute Gasteiger partial charge is 0.322 e. The van der Waals surface area contributed by atoms with Gasteiger partial charge in [-0.05, 0) is 55.9 Å². The molecule has 5 amide bonds. The second-order valence-corrected chi connectivity index (χ2v) is 11.5. The number of urea groups is 1. The molecular weight excluding hydrogens is 510 g/mol. The molecule has 1 aliphatic heterocycles. The number of nitrogens with two attached hydrogens (primary N) is 1. The lowest BCUT2D eigenvalue weighted by Gasteiger charge is -2.39. The van der Waals surface area contributed by atoms with Gasteiger partial charge in [0.2, 0.25) is 17.7 Å². The molecule has 3 atom stereocenters. The first-order chi connectivity index (χ1) is 17.8. The third-order valence-corrected chi connectivity index (χ3v) is 8.36. The quantitative estimate of drug-likeness (QED) is 0.331. The summed E-state index contributed by atoms with van der Waals surface area (Å²) >= 11 is 2.99. The van der Waals surface area contributed by atoms with Crippen LogP contribution < -0.4 is 21.7 Å². The summed E-state index contributed by atoms with van der Waals surface area (Å²) in [5, 5.41) is 8.72. The van der Waals surface area contributed by atoms with Gasteiger partial charge in [0, 0.05) is 23.2 Å². The third-order valence-electron chi connectivity index (χ3n) is 7.08. The van der Waals surface area contributed by atoms with Crippen LogP contribution in [0.2, 0.25) is 0 Å². The maximum atomic E-state index is 13.5. The van der Waals surface area contributed by atoms with Crippen molar-refractivity contribution in [2.75, 3.05) is 30.1 Å². The van der Waals surface area contributed by atoms with Gasteiger partial charge in [-0.25, -0.2) is 4.79 Å². The molecule has 0 spiro atoms. The Morgan fingerprint density at radius 3 is 2.54 bits per heavy atom. The van der Waals surface area contributed by atoms with Crippen molar-refractivity contribution in [1.29, 1.82) is 0 Å². The van der Waals surface area contributed by atoms with Gasteiger partial charge in [-0.3, -0.25) is 14.4 Å². The summed E-state index contributed by atoms with van der Waals surface area (Å²) < 4.78 is 0. The molecule has 2 aliphatic rings. The molecule has 5 N–H and O–H groups in total. The van der Waals surface area contributed by atoms with Gasteiger partial charge in [-0.2, -0.15) is 11.8 Å². The number of thioether (sulfide) groups is 2. The Morgan fingerprint density at radius 2 is 1.86 bits per heavy atom. The van der Waals surface area contributed by atoms with Crippen LogP contribution in [0.15, 0.2) is 29.2 Å². The number of benzene rings is 1. The molecule has 3 rings (SSSR count). The van der Waals surface area contributed by atoms with Crippen molar-refractivity contribution >= 4 is 53.0 Å². The van der Waals surface area contributed by atoms with E-state index in [1.807, 2.05) is 30.7 Å². The van der Waals surface area contributed by atoms with Crippen LogP contribution >= 0.6 is 23.5 Å². The molecule has 1 aromatic rings. The molecule has 204 valence electrons. The highest BCUT2D eigenvalue weighted by Crippen LogP contribution is 2.28. The number of nitrogens with one attached hydrogen (secondary N) is 3. The first-order valence-electron chi connectivity index (χ1n) is 12.9. The maximum absolute atomic E-state index is 13.5. The number of carbonyl (C=O) groups excluding carboxylic acids is 4. The Labute approximate surface area is 227 Å². The van der Waals surface area contributed by atoms with E-state index in [2.05, 4.69) is 16.0 Å². The van der Waals surface area contributed by atoms with Crippen LogP contribution in [0.25, 0.3) is 0 Å². The Morgan fingerprint density at radius 1 is 1.11 bits per heavy atom. The highest BCUT2D eigenvalue weighted by Gasteiger charge is 2.38. The summed E-state index contributed by atoms with van der Waals surface area (Å²) in [6.07, 6.45) is 10.6. The number of anilines is 1. The van der Waals surface area contributed by atoms with Crippen molar-refractivity contribution in [3.05, 3.63) is 24.3 Å². The number of hydrogen-bond donors (Lipinski definition) is 4. The molecular formula is C26H39N5O4S2. The van der Waals surface area contributed by atoms with E-state index in [-0.39, 0.29) is 18.4 Å². The minimum atomic E-state index is -0.842. The molecule has 9 nitrogen and oxygen atoms in total. The molecule has 0 unspecified atom stereocenters. The average molecular weight is 550 g/mol. The minimum absolute atomic E-state index is 0.101. The van der Waals surface area contributed by atoms with Crippen molar-refractivity contribution in [2.24, 2.45) is 11.7 Å². The fourth-order valence-electron chi connectivity index (χ4n) is 5.15. The summed E-state index contributed by atoms with van der Waals surface area (Å²) in [6.45, 7) is 0.292. The molecule has 1 saturated carbocycles. The normalized spacial score (nSPS) is 21.1. The predicted octanol–water partition coefficient (Wildman–Crippen LogP) is 3.19. The van der Waals surface area contributed by atoms with E-state index in [9.17, 15) is 19.2 Å². The second kappa shape index (κ2) is 14.5. The van der Waals surface area contributed by atoms with E-state index in [1.54, 1.807) is 17.8 Å². The highest BCUT2D eigenvalue weighted by atomic mass is 32.2. The van der Waals surface area contributed by atoms with Gasteiger partial charge < -0.3 is 26.6 Å². The maximum Gasteiger partial charge on any atom is 0.322 e. The van der Waals surface area contributed by atoms with Crippen molar-refractivity contribution in [3.8, 4) is 0 Å². The van der Waals surface area contributed by atoms with Crippen LogP contribution in [0.3, 0.4) is 0 Å². The number of primary amides is 1. The van der Waals surface area contributed by atoms with Gasteiger partial charge >= 0.3 is 6.03 Å². The number of carbonyl (C=O) groups is 4. The molecule has 0 bridgehead atoms. The molecule has 2 fully saturated rings. The van der Waals surface area contributed by atoms with Crippen LogP contribution in [0, 0.1) is 5.92 Å². The Hall–Kier alpha value is -2.40. The lowest BCUT2D eigenvalue weighted by atomic mass is 9.84. The molecule has 1 heterocycles. The van der Waals surface area contributed by atoms with Gasteiger partial charge in [0.25, 0.3) is 0 Å². The minimum Gasteiger partial charge on any atom is -0.368 e. The molecule has 1 saturated heterocycles. The zero-order valence-corrected chi connectivity index (χ0v) is 23.3. The number of rotatable bonds is 10. The number of hydrogen-bond acceptors (Lipinski definition) is 6. The lowest BCUT2D eigenvalue weighted by molar-refractivity contribution is -0.131. The van der Waals surface area contributed by atoms with E-state index in [0.29, 0.717) is 36.7 Å². The van der Waals surface area contributed by atoms with Gasteiger partial charge in [-0.15, -0.1) is 11.8 Å². The fourth-order valence-corrected chi connectivity index (χ4v) is 5.96. The van der Waals surface area contributed by atoms with Crippen LogP contribution in [0.5, 0.6) is 0 Å². The lowest BCUT2D eigenvalue weighted by Crippen LogP contribution is -2.60. The summed E-state index contributed by atoms with van der Waals surface area (Å²) in [4.78, 5) is 53.8. The van der Waals surface area contributed by atoms with Gasteiger partial charge in [0.05, 0.1) is 5.75 Å². The first-order valence-corrected chi connectivity index (χ1v) is 15.5. The van der Waals surface area contributed by atoms with E-state index < -0.39 is 29.9 Å². The second-order valence-electron chi connectivity index (χ2n) is 9.80. The van der Waals surface area contributed by atoms with Crippen molar-refractivity contribution in [2.45, 2.75) is 74.4 Å². The largest absolute Gasteiger partial charge is 0.368 e. The summed E-state index contributed by atoms with van der Waals surface area (Å²) in [6, 6.07) is 5.23. The summed E-state index contributed by atoms with van der Waals surface area (Å²) in [7, 11) is 0. The molecule has 0 aromatic heterocycles.